The first-order valence-electron chi connectivity index (χ1n) is 7.86. The van der Waals surface area contributed by atoms with E-state index in [4.69, 9.17) is 9.47 Å². The summed E-state index contributed by atoms with van der Waals surface area (Å²) in [5, 5.41) is 4.82. The number of aldehydes is 1. The number of hydrogen-bond donors (Lipinski definition) is 1. The largest absolute Gasteiger partial charge is 0.493 e. The van der Waals surface area contributed by atoms with Gasteiger partial charge in [-0.2, -0.15) is 0 Å². The van der Waals surface area contributed by atoms with Gasteiger partial charge in [-0.25, -0.2) is 9.37 Å². The Labute approximate surface area is 158 Å². The van der Waals surface area contributed by atoms with Crippen molar-refractivity contribution in [3.05, 3.63) is 59.2 Å². The van der Waals surface area contributed by atoms with Crippen molar-refractivity contribution in [3.8, 4) is 22.8 Å². The van der Waals surface area contributed by atoms with E-state index in [-0.39, 0.29) is 12.4 Å². The van der Waals surface area contributed by atoms with E-state index < -0.39 is 5.91 Å². The normalized spacial score (nSPS) is 10.3. The SMILES string of the molecule is COc1cc(C=O)ccc1OCC(=O)Nc1nc(-c2ccc(F)cc2)cs1. The average molecular weight is 386 g/mol. The van der Waals surface area contributed by atoms with Gasteiger partial charge in [0.1, 0.15) is 12.1 Å². The minimum atomic E-state index is -0.392. The lowest BCUT2D eigenvalue weighted by Crippen LogP contribution is -2.20. The number of methoxy groups -OCH3 is 1. The number of nitrogens with one attached hydrogen (secondary N) is 1. The molecule has 6 nitrogen and oxygen atoms in total. The number of thiazole rings is 1. The van der Waals surface area contributed by atoms with Gasteiger partial charge < -0.3 is 9.47 Å². The van der Waals surface area contributed by atoms with Crippen LogP contribution in [0.1, 0.15) is 10.4 Å². The number of benzene rings is 2. The van der Waals surface area contributed by atoms with Gasteiger partial charge >= 0.3 is 0 Å². The molecule has 0 spiro atoms. The van der Waals surface area contributed by atoms with Crippen LogP contribution in [-0.4, -0.2) is 30.9 Å². The summed E-state index contributed by atoms with van der Waals surface area (Å²) < 4.78 is 23.6. The Kier molecular flexibility index (Phi) is 5.77. The number of carbonyl (C=O) groups is 2. The van der Waals surface area contributed by atoms with Crippen molar-refractivity contribution in [1.82, 2.24) is 4.98 Å². The van der Waals surface area contributed by atoms with E-state index in [2.05, 4.69) is 10.3 Å². The molecule has 1 aromatic heterocycles. The maximum absolute atomic E-state index is 13.0. The van der Waals surface area contributed by atoms with Crippen molar-refractivity contribution in [2.45, 2.75) is 0 Å². The number of nitrogens with zero attached hydrogens (tertiary/aromatic N) is 1. The summed E-state index contributed by atoms with van der Waals surface area (Å²) in [4.78, 5) is 27.2. The lowest BCUT2D eigenvalue weighted by atomic mass is 10.2. The summed E-state index contributed by atoms with van der Waals surface area (Å²) >= 11 is 1.26. The summed E-state index contributed by atoms with van der Waals surface area (Å²) in [6.45, 7) is -0.248. The van der Waals surface area contributed by atoms with E-state index in [1.807, 2.05) is 0 Å². The van der Waals surface area contributed by atoms with Gasteiger partial charge in [0.25, 0.3) is 5.91 Å². The fraction of sp³-hybridized carbons (Fsp3) is 0.105. The van der Waals surface area contributed by atoms with E-state index in [0.29, 0.717) is 34.2 Å². The van der Waals surface area contributed by atoms with E-state index in [0.717, 1.165) is 5.56 Å². The third-order valence-electron chi connectivity index (χ3n) is 3.57. The summed E-state index contributed by atoms with van der Waals surface area (Å²) in [6, 6.07) is 10.6. The van der Waals surface area contributed by atoms with E-state index in [9.17, 15) is 14.0 Å². The van der Waals surface area contributed by atoms with Gasteiger partial charge in [-0.15, -0.1) is 11.3 Å². The number of hydrogen-bond acceptors (Lipinski definition) is 6. The first-order chi connectivity index (χ1) is 13.1. The quantitative estimate of drug-likeness (QED) is 0.625. The van der Waals surface area contributed by atoms with Gasteiger partial charge in [0.2, 0.25) is 0 Å². The van der Waals surface area contributed by atoms with Crippen molar-refractivity contribution >= 4 is 28.7 Å². The third kappa shape index (κ3) is 4.68. The van der Waals surface area contributed by atoms with Crippen LogP contribution in [0, 0.1) is 5.82 Å². The molecule has 0 aliphatic carbocycles. The highest BCUT2D eigenvalue weighted by molar-refractivity contribution is 7.14. The van der Waals surface area contributed by atoms with Crippen LogP contribution in [0.25, 0.3) is 11.3 Å². The van der Waals surface area contributed by atoms with Crippen molar-refractivity contribution in [2.75, 3.05) is 19.0 Å². The van der Waals surface area contributed by atoms with Gasteiger partial charge in [0.15, 0.2) is 23.2 Å². The molecule has 0 saturated carbocycles. The molecule has 0 aliphatic heterocycles. The van der Waals surface area contributed by atoms with Crippen LogP contribution in [0.4, 0.5) is 9.52 Å². The highest BCUT2D eigenvalue weighted by Gasteiger charge is 2.11. The first kappa shape index (κ1) is 18.5. The molecule has 0 aliphatic rings. The second-order valence-electron chi connectivity index (χ2n) is 5.41. The molecule has 0 unspecified atom stereocenters. The number of carbonyl (C=O) groups excluding carboxylic acids is 2. The molecule has 8 heteroatoms. The molecule has 3 rings (SSSR count). The van der Waals surface area contributed by atoms with Crippen LogP contribution in [0.2, 0.25) is 0 Å². The van der Waals surface area contributed by atoms with Gasteiger partial charge in [-0.3, -0.25) is 14.9 Å². The highest BCUT2D eigenvalue weighted by atomic mass is 32.1. The molecule has 138 valence electrons. The zero-order valence-corrected chi connectivity index (χ0v) is 15.1. The van der Waals surface area contributed by atoms with Crippen LogP contribution >= 0.6 is 11.3 Å². The topological polar surface area (TPSA) is 77.5 Å². The Morgan fingerprint density at radius 2 is 2.00 bits per heavy atom. The maximum atomic E-state index is 13.0. The molecule has 0 bridgehead atoms. The third-order valence-corrected chi connectivity index (χ3v) is 4.33. The molecule has 1 N–H and O–H groups in total. The number of aromatic nitrogens is 1. The highest BCUT2D eigenvalue weighted by Crippen LogP contribution is 2.28. The van der Waals surface area contributed by atoms with E-state index in [1.165, 1.54) is 36.6 Å². The number of rotatable bonds is 7. The standard InChI is InChI=1S/C19H15FN2O4S/c1-25-17-8-12(9-23)2-7-16(17)26-10-18(24)22-19-21-15(11-27-19)13-3-5-14(20)6-4-13/h2-9,11H,10H2,1H3,(H,21,22,24). The van der Waals surface area contributed by atoms with Crippen molar-refractivity contribution < 1.29 is 23.5 Å². The minimum Gasteiger partial charge on any atom is -0.493 e. The molecule has 1 heterocycles. The summed E-state index contributed by atoms with van der Waals surface area (Å²) in [6.07, 6.45) is 0.695. The molecular weight excluding hydrogens is 371 g/mol. The monoisotopic (exact) mass is 386 g/mol. The lowest BCUT2D eigenvalue weighted by molar-refractivity contribution is -0.118. The molecule has 27 heavy (non-hydrogen) atoms. The fourth-order valence-corrected chi connectivity index (χ4v) is 3.00. The zero-order chi connectivity index (χ0) is 19.2. The van der Waals surface area contributed by atoms with Gasteiger partial charge in [-0.05, 0) is 42.5 Å². The van der Waals surface area contributed by atoms with Crippen molar-refractivity contribution in [1.29, 1.82) is 0 Å². The lowest BCUT2D eigenvalue weighted by Gasteiger charge is -2.10. The second-order valence-corrected chi connectivity index (χ2v) is 6.27. The van der Waals surface area contributed by atoms with E-state index in [1.54, 1.807) is 29.6 Å². The van der Waals surface area contributed by atoms with Crippen molar-refractivity contribution in [2.24, 2.45) is 0 Å². The zero-order valence-electron chi connectivity index (χ0n) is 14.3. The Hall–Kier alpha value is -3.26. The van der Waals surface area contributed by atoms with Gasteiger partial charge in [-0.1, -0.05) is 0 Å². The molecular formula is C19H15FN2O4S. The molecule has 2 aromatic carbocycles. The summed E-state index contributed by atoms with van der Waals surface area (Å²) in [5.74, 6) is -0.00239. The summed E-state index contributed by atoms with van der Waals surface area (Å²) in [7, 11) is 1.45. The number of amides is 1. The van der Waals surface area contributed by atoms with Crippen LogP contribution < -0.4 is 14.8 Å². The predicted octanol–water partition coefficient (Wildman–Crippen LogP) is 3.79. The molecule has 0 saturated heterocycles. The average Bonchev–Trinajstić information content (AvgIpc) is 3.15. The van der Waals surface area contributed by atoms with Crippen LogP contribution in [0.5, 0.6) is 11.5 Å². The smallest absolute Gasteiger partial charge is 0.264 e. The first-order valence-corrected chi connectivity index (χ1v) is 8.74. The Balaban J connectivity index is 1.60. The molecule has 0 fully saturated rings. The van der Waals surface area contributed by atoms with Crippen LogP contribution in [-0.2, 0) is 4.79 Å². The molecule has 3 aromatic rings. The Bertz CT molecular complexity index is 957. The molecule has 1 amide bonds. The maximum Gasteiger partial charge on any atom is 0.264 e. The number of anilines is 1. The Morgan fingerprint density at radius 3 is 2.70 bits per heavy atom. The summed E-state index contributed by atoms with van der Waals surface area (Å²) in [5.41, 5.74) is 1.84. The Morgan fingerprint density at radius 1 is 1.22 bits per heavy atom. The van der Waals surface area contributed by atoms with Crippen molar-refractivity contribution in [3.63, 3.8) is 0 Å². The number of halogens is 1. The van der Waals surface area contributed by atoms with Gasteiger partial charge in [0, 0.05) is 16.5 Å². The molecule has 0 atom stereocenters. The van der Waals surface area contributed by atoms with Crippen LogP contribution in [0.3, 0.4) is 0 Å². The second kappa shape index (κ2) is 8.41. The predicted molar refractivity (Wildman–Crippen MR) is 100 cm³/mol. The van der Waals surface area contributed by atoms with E-state index >= 15 is 0 Å². The fourth-order valence-electron chi connectivity index (χ4n) is 2.26. The molecule has 0 radical (unpaired) electrons. The number of ether oxygens (including phenoxy) is 2. The van der Waals surface area contributed by atoms with Gasteiger partial charge in [0.05, 0.1) is 12.8 Å². The van der Waals surface area contributed by atoms with Crippen LogP contribution in [0.15, 0.2) is 47.8 Å². The minimum absolute atomic E-state index is 0.248.